The average molecular weight is 877 g/mol. The van der Waals surface area contributed by atoms with Crippen molar-refractivity contribution in [2.75, 3.05) is 11.5 Å². The molecule has 0 saturated heterocycles. The van der Waals surface area contributed by atoms with Crippen molar-refractivity contribution in [3.8, 4) is 22.6 Å². The molecular formula is C46H46BrN5O4S2. The molecule has 0 saturated carbocycles. The second-order valence-electron chi connectivity index (χ2n) is 15.8. The molecule has 4 aliphatic rings. The number of aliphatic imine (C=N–C) groups is 2. The van der Waals surface area contributed by atoms with Crippen LogP contribution in [0.4, 0.5) is 4.79 Å². The van der Waals surface area contributed by atoms with Crippen molar-refractivity contribution in [2.24, 2.45) is 15.7 Å². The highest BCUT2D eigenvalue weighted by Gasteiger charge is 2.45. The molecule has 4 unspecified atom stereocenters. The molecule has 3 N–H and O–H groups in total. The van der Waals surface area contributed by atoms with Gasteiger partial charge in [-0.3, -0.25) is 20.3 Å². The van der Waals surface area contributed by atoms with E-state index in [1.54, 1.807) is 29.7 Å². The molecule has 298 valence electrons. The fourth-order valence-corrected chi connectivity index (χ4v) is 10.2. The molecule has 0 aliphatic carbocycles. The van der Waals surface area contributed by atoms with Crippen molar-refractivity contribution in [3.05, 3.63) is 148 Å². The zero-order chi connectivity index (χ0) is 40.3. The lowest BCUT2D eigenvalue weighted by molar-refractivity contribution is 0.0563. The van der Waals surface area contributed by atoms with E-state index in [1.165, 1.54) is 5.56 Å². The highest BCUT2D eigenvalue weighted by Crippen LogP contribution is 2.53. The third-order valence-corrected chi connectivity index (χ3v) is 12.8. The van der Waals surface area contributed by atoms with E-state index in [9.17, 15) is 4.79 Å². The Bertz CT molecular complexity index is 2330. The molecular weight excluding hydrogens is 831 g/mol. The van der Waals surface area contributed by atoms with Crippen LogP contribution in [0.1, 0.15) is 80.9 Å². The normalized spacial score (nSPS) is 23.4. The lowest BCUT2D eigenvalue weighted by atomic mass is 9.78. The number of hydrogen-bond donors (Lipinski definition) is 2. The minimum atomic E-state index is -0.559. The third kappa shape index (κ3) is 8.94. The van der Waals surface area contributed by atoms with Crippen LogP contribution in [0.5, 0.6) is 11.5 Å². The van der Waals surface area contributed by atoms with Crippen LogP contribution < -0.4 is 20.5 Å². The Labute approximate surface area is 356 Å². The highest BCUT2D eigenvalue weighted by atomic mass is 79.9. The van der Waals surface area contributed by atoms with Crippen LogP contribution in [-0.2, 0) is 15.8 Å². The number of thioether (sulfide) groups is 2. The number of nitrogens with two attached hydrogens (primary N) is 1. The van der Waals surface area contributed by atoms with Crippen LogP contribution in [0.3, 0.4) is 0 Å². The molecule has 1 aromatic heterocycles. The number of amidine groups is 2. The van der Waals surface area contributed by atoms with Gasteiger partial charge in [-0.2, -0.15) is 0 Å². The van der Waals surface area contributed by atoms with E-state index in [1.807, 2.05) is 69.4 Å². The minimum Gasteiger partial charge on any atom is -0.485 e. The van der Waals surface area contributed by atoms with Crippen molar-refractivity contribution in [2.45, 2.75) is 75.3 Å². The summed E-state index contributed by atoms with van der Waals surface area (Å²) >= 11 is 6.77. The molecule has 4 aromatic carbocycles. The zero-order valence-electron chi connectivity index (χ0n) is 32.7. The third-order valence-electron chi connectivity index (χ3n) is 10.6. The van der Waals surface area contributed by atoms with Crippen molar-refractivity contribution >= 4 is 55.9 Å². The van der Waals surface area contributed by atoms with Crippen LogP contribution in [0.25, 0.3) is 11.1 Å². The van der Waals surface area contributed by atoms with Gasteiger partial charge in [-0.05, 0) is 86.7 Å². The molecule has 0 bridgehead atoms. The summed E-state index contributed by atoms with van der Waals surface area (Å²) in [5.74, 6) is 3.55. The number of fused-ring (bicyclic) bond motifs is 4. The van der Waals surface area contributed by atoms with Crippen LogP contribution in [-0.4, -0.2) is 38.5 Å². The van der Waals surface area contributed by atoms with Gasteiger partial charge < -0.3 is 19.9 Å². The van der Waals surface area contributed by atoms with Crippen LogP contribution in [0.2, 0.25) is 0 Å². The number of amides is 1. The lowest BCUT2D eigenvalue weighted by Crippen LogP contribution is -2.41. The van der Waals surface area contributed by atoms with E-state index in [0.717, 1.165) is 74.6 Å². The second-order valence-corrected chi connectivity index (χ2v) is 18.9. The molecule has 2 spiro atoms. The Morgan fingerprint density at radius 1 is 0.776 bits per heavy atom. The number of aromatic nitrogens is 1. The van der Waals surface area contributed by atoms with Crippen molar-refractivity contribution in [1.29, 1.82) is 0 Å². The maximum atomic E-state index is 12.3. The molecule has 5 heterocycles. The van der Waals surface area contributed by atoms with Crippen LogP contribution in [0, 0.1) is 0 Å². The van der Waals surface area contributed by atoms with Gasteiger partial charge in [0.15, 0.2) is 10.3 Å². The monoisotopic (exact) mass is 875 g/mol. The predicted molar refractivity (Wildman–Crippen MR) is 239 cm³/mol. The number of nitrogens with one attached hydrogen (secondary N) is 1. The molecule has 9 nitrogen and oxygen atoms in total. The second kappa shape index (κ2) is 16.8. The number of nitrogens with zero attached hydrogens (tertiary/aromatic N) is 3. The van der Waals surface area contributed by atoms with Crippen molar-refractivity contribution in [1.82, 2.24) is 10.3 Å². The Hall–Kier alpha value is -4.78. The molecule has 12 heteroatoms. The highest BCUT2D eigenvalue weighted by molar-refractivity contribution is 9.10. The summed E-state index contributed by atoms with van der Waals surface area (Å²) in [5.41, 5.74) is 11.5. The molecule has 58 heavy (non-hydrogen) atoms. The molecule has 1 amide bonds. The topological polar surface area (TPSA) is 120 Å². The summed E-state index contributed by atoms with van der Waals surface area (Å²) in [5, 5.41) is 4.10. The standard InChI is InChI=1S/C23H25BrN2O3S.C23H21N3OS/c1-22(2,3)29-21(27)25-20-26-23(11-12-30-20)14-19(15-7-5-4-6-8-15)28-18-10-9-16(24)13-17(18)23;24-22-26-23(10-12-28-22)14-21(16-5-2-1-3-6-16)27-20-9-8-17(13-19(20)23)18-7-4-11-25-15-18/h4-10,13,19H,11-12,14H2,1-3H3,(H,25,26,27);1-9,11,13,15,21H,10,12,14H2,(H2,24,26). The summed E-state index contributed by atoms with van der Waals surface area (Å²) in [6.45, 7) is 5.54. The van der Waals surface area contributed by atoms with Gasteiger partial charge >= 0.3 is 6.09 Å². The van der Waals surface area contributed by atoms with E-state index in [2.05, 4.69) is 93.0 Å². The smallest absolute Gasteiger partial charge is 0.413 e. The maximum Gasteiger partial charge on any atom is 0.413 e. The van der Waals surface area contributed by atoms with Gasteiger partial charge in [0, 0.05) is 57.9 Å². The number of halogens is 1. The molecule has 5 aromatic rings. The Morgan fingerprint density at radius 2 is 1.38 bits per heavy atom. The lowest BCUT2D eigenvalue weighted by Gasteiger charge is -2.42. The zero-order valence-corrected chi connectivity index (χ0v) is 35.9. The van der Waals surface area contributed by atoms with E-state index in [4.69, 9.17) is 29.9 Å². The Kier molecular flexibility index (Phi) is 11.6. The Morgan fingerprint density at radius 3 is 1.98 bits per heavy atom. The van der Waals surface area contributed by atoms with Gasteiger partial charge in [0.1, 0.15) is 29.3 Å². The predicted octanol–water partition coefficient (Wildman–Crippen LogP) is 11.1. The fraction of sp³-hybridized carbons (Fsp3) is 0.304. The molecule has 9 rings (SSSR count). The number of pyridine rings is 1. The van der Waals surface area contributed by atoms with Crippen molar-refractivity contribution < 1.29 is 19.0 Å². The summed E-state index contributed by atoms with van der Waals surface area (Å²) in [4.78, 5) is 26.6. The first kappa shape index (κ1) is 40.0. The Balaban J connectivity index is 0.000000162. The summed E-state index contributed by atoms with van der Waals surface area (Å²) in [7, 11) is 0. The quantitative estimate of drug-likeness (QED) is 0.184. The summed E-state index contributed by atoms with van der Waals surface area (Å²) < 4.78 is 19.2. The number of carbonyl (C=O) groups excluding carboxylic acids is 1. The molecule has 4 atom stereocenters. The first-order valence-corrected chi connectivity index (χ1v) is 22.2. The van der Waals surface area contributed by atoms with E-state index >= 15 is 0 Å². The SMILES string of the molecule is CC(C)(C)OC(=O)NC1=NC2(CCS1)CC(c1ccccc1)Oc1ccc(Br)cc12.NC1=NC2(CCS1)CC(c1ccccc1)Oc1ccc(-c3cccnc3)cc12. The minimum absolute atomic E-state index is 0.0300. The average Bonchev–Trinajstić information content (AvgIpc) is 3.21. The van der Waals surface area contributed by atoms with E-state index in [-0.39, 0.29) is 17.7 Å². The van der Waals surface area contributed by atoms with Crippen molar-refractivity contribution in [3.63, 3.8) is 0 Å². The van der Waals surface area contributed by atoms with Gasteiger partial charge in [0.05, 0.1) is 11.1 Å². The van der Waals surface area contributed by atoms with Gasteiger partial charge in [0.2, 0.25) is 0 Å². The van der Waals surface area contributed by atoms with Crippen LogP contribution >= 0.6 is 39.5 Å². The van der Waals surface area contributed by atoms with Gasteiger partial charge in [0.25, 0.3) is 0 Å². The van der Waals surface area contributed by atoms with E-state index in [0.29, 0.717) is 16.8 Å². The summed E-state index contributed by atoms with van der Waals surface area (Å²) in [6, 6.07) is 37.1. The van der Waals surface area contributed by atoms with Gasteiger partial charge in [-0.25, -0.2) is 4.79 Å². The number of benzene rings is 4. The summed E-state index contributed by atoms with van der Waals surface area (Å²) in [6.07, 6.45) is 6.39. The number of rotatable bonds is 3. The molecule has 0 fully saturated rings. The maximum absolute atomic E-state index is 12.3. The van der Waals surface area contributed by atoms with E-state index < -0.39 is 17.2 Å². The molecule has 4 aliphatic heterocycles. The van der Waals surface area contributed by atoms with Gasteiger partial charge in [-0.15, -0.1) is 0 Å². The van der Waals surface area contributed by atoms with Crippen LogP contribution in [0.15, 0.2) is 136 Å². The van der Waals surface area contributed by atoms with Gasteiger partial charge in [-0.1, -0.05) is 112 Å². The molecule has 0 radical (unpaired) electrons. The first-order chi connectivity index (χ1) is 28.0. The largest absolute Gasteiger partial charge is 0.485 e. The number of hydrogen-bond acceptors (Lipinski definition) is 10. The first-order valence-electron chi connectivity index (χ1n) is 19.5. The fourth-order valence-electron chi connectivity index (χ4n) is 7.97. The number of ether oxygens (including phenoxy) is 3. The number of carbonyl (C=O) groups is 1. The number of alkyl carbamates (subject to hydrolysis) is 1.